The van der Waals surface area contributed by atoms with Gasteiger partial charge < -0.3 is 4.90 Å². The standard InChI is InChI=1S/C13H15N3O/c1-10-9-12(17)13(15(2)3)14-16(10)11-7-5-4-6-8-11/h4-9H,1-3H3. The molecule has 0 amide bonds. The molecule has 1 aromatic heterocycles. The molecule has 4 nitrogen and oxygen atoms in total. The summed E-state index contributed by atoms with van der Waals surface area (Å²) >= 11 is 0. The summed E-state index contributed by atoms with van der Waals surface area (Å²) in [6.07, 6.45) is 0. The molecule has 1 heterocycles. The summed E-state index contributed by atoms with van der Waals surface area (Å²) in [6.45, 7) is 1.88. The van der Waals surface area contributed by atoms with E-state index in [1.165, 1.54) is 0 Å². The van der Waals surface area contributed by atoms with E-state index in [9.17, 15) is 4.79 Å². The topological polar surface area (TPSA) is 38.1 Å². The monoisotopic (exact) mass is 229 g/mol. The summed E-state index contributed by atoms with van der Waals surface area (Å²) in [6, 6.07) is 11.4. The van der Waals surface area contributed by atoms with Gasteiger partial charge in [-0.2, -0.15) is 0 Å². The van der Waals surface area contributed by atoms with Crippen molar-refractivity contribution in [3.8, 4) is 5.69 Å². The van der Waals surface area contributed by atoms with Gasteiger partial charge in [0.1, 0.15) is 0 Å². The number of hydrogen-bond acceptors (Lipinski definition) is 3. The largest absolute Gasteiger partial charge is 0.358 e. The highest BCUT2D eigenvalue weighted by molar-refractivity contribution is 5.39. The molecule has 0 N–H and O–H groups in total. The van der Waals surface area contributed by atoms with Gasteiger partial charge in [-0.25, -0.2) is 4.68 Å². The molecule has 17 heavy (non-hydrogen) atoms. The Labute approximate surface area is 100 Å². The zero-order valence-corrected chi connectivity index (χ0v) is 10.2. The van der Waals surface area contributed by atoms with E-state index in [-0.39, 0.29) is 5.43 Å². The van der Waals surface area contributed by atoms with Crippen molar-refractivity contribution in [3.63, 3.8) is 0 Å². The minimum Gasteiger partial charge on any atom is -0.358 e. The first-order valence-electron chi connectivity index (χ1n) is 5.43. The van der Waals surface area contributed by atoms with Crippen LogP contribution in [-0.2, 0) is 0 Å². The average Bonchev–Trinajstić information content (AvgIpc) is 2.29. The maximum absolute atomic E-state index is 11.7. The van der Waals surface area contributed by atoms with Crippen LogP contribution in [0.3, 0.4) is 0 Å². The van der Waals surface area contributed by atoms with Crippen molar-refractivity contribution >= 4 is 5.82 Å². The van der Waals surface area contributed by atoms with Crippen LogP contribution in [-0.4, -0.2) is 23.9 Å². The van der Waals surface area contributed by atoms with Crippen LogP contribution in [0, 0.1) is 6.92 Å². The van der Waals surface area contributed by atoms with Gasteiger partial charge in [-0.05, 0) is 19.1 Å². The lowest BCUT2D eigenvalue weighted by atomic mass is 10.3. The lowest BCUT2D eigenvalue weighted by Crippen LogP contribution is -2.24. The first kappa shape index (κ1) is 11.4. The zero-order chi connectivity index (χ0) is 12.4. The van der Waals surface area contributed by atoms with Gasteiger partial charge in [-0.15, -0.1) is 5.10 Å². The van der Waals surface area contributed by atoms with Crippen LogP contribution in [0.2, 0.25) is 0 Å². The van der Waals surface area contributed by atoms with E-state index >= 15 is 0 Å². The van der Waals surface area contributed by atoms with Crippen molar-refractivity contribution in [1.29, 1.82) is 0 Å². The molecule has 0 radical (unpaired) electrons. The Bertz CT molecular complexity index is 573. The summed E-state index contributed by atoms with van der Waals surface area (Å²) in [5, 5.41) is 4.37. The van der Waals surface area contributed by atoms with E-state index in [4.69, 9.17) is 0 Å². The minimum absolute atomic E-state index is 0.0559. The van der Waals surface area contributed by atoms with Crippen molar-refractivity contribution in [3.05, 3.63) is 52.3 Å². The van der Waals surface area contributed by atoms with Crippen LogP contribution in [0.25, 0.3) is 5.69 Å². The van der Waals surface area contributed by atoms with Gasteiger partial charge in [0, 0.05) is 25.9 Å². The van der Waals surface area contributed by atoms with Gasteiger partial charge >= 0.3 is 0 Å². The highest BCUT2D eigenvalue weighted by Gasteiger charge is 2.08. The van der Waals surface area contributed by atoms with Gasteiger partial charge in [-0.3, -0.25) is 4.79 Å². The summed E-state index contributed by atoms with van der Waals surface area (Å²) in [4.78, 5) is 13.5. The van der Waals surface area contributed by atoms with Crippen LogP contribution in [0.5, 0.6) is 0 Å². The van der Waals surface area contributed by atoms with Crippen molar-refractivity contribution in [2.75, 3.05) is 19.0 Å². The first-order chi connectivity index (χ1) is 8.09. The molecule has 88 valence electrons. The van der Waals surface area contributed by atoms with Crippen molar-refractivity contribution in [2.45, 2.75) is 6.92 Å². The van der Waals surface area contributed by atoms with Gasteiger partial charge in [0.2, 0.25) is 5.43 Å². The predicted molar refractivity (Wildman–Crippen MR) is 68.9 cm³/mol. The number of para-hydroxylation sites is 1. The molecule has 4 heteroatoms. The Morgan fingerprint density at radius 1 is 1.18 bits per heavy atom. The average molecular weight is 229 g/mol. The number of aromatic nitrogens is 2. The lowest BCUT2D eigenvalue weighted by Gasteiger charge is -2.15. The summed E-state index contributed by atoms with van der Waals surface area (Å²) in [7, 11) is 3.63. The molecule has 0 bridgehead atoms. The second kappa shape index (κ2) is 4.41. The van der Waals surface area contributed by atoms with E-state index in [2.05, 4.69) is 5.10 Å². The van der Waals surface area contributed by atoms with Crippen LogP contribution < -0.4 is 10.3 Å². The summed E-state index contributed by atoms with van der Waals surface area (Å²) in [5.41, 5.74) is 1.72. The van der Waals surface area contributed by atoms with E-state index < -0.39 is 0 Å². The Balaban J connectivity index is 2.63. The van der Waals surface area contributed by atoms with E-state index in [1.54, 1.807) is 15.6 Å². The first-order valence-corrected chi connectivity index (χ1v) is 5.43. The van der Waals surface area contributed by atoms with Gasteiger partial charge in [-0.1, -0.05) is 18.2 Å². The predicted octanol–water partition coefficient (Wildman–Crippen LogP) is 1.61. The number of aryl methyl sites for hydroxylation is 1. The normalized spacial score (nSPS) is 10.3. The summed E-state index contributed by atoms with van der Waals surface area (Å²) in [5.74, 6) is 0.444. The highest BCUT2D eigenvalue weighted by Crippen LogP contribution is 2.09. The summed E-state index contributed by atoms with van der Waals surface area (Å²) < 4.78 is 1.77. The van der Waals surface area contributed by atoms with E-state index in [1.807, 2.05) is 51.4 Å². The smallest absolute Gasteiger partial charge is 0.224 e. The maximum atomic E-state index is 11.7. The Morgan fingerprint density at radius 2 is 1.82 bits per heavy atom. The molecule has 0 saturated heterocycles. The molecule has 2 rings (SSSR count). The second-order valence-corrected chi connectivity index (χ2v) is 4.12. The molecule has 0 aliphatic carbocycles. The molecule has 0 fully saturated rings. The van der Waals surface area contributed by atoms with Crippen molar-refractivity contribution in [1.82, 2.24) is 9.78 Å². The van der Waals surface area contributed by atoms with E-state index in [0.29, 0.717) is 5.82 Å². The van der Waals surface area contributed by atoms with Crippen LogP contribution in [0.1, 0.15) is 5.69 Å². The Hall–Kier alpha value is -2.10. The van der Waals surface area contributed by atoms with Crippen LogP contribution in [0.4, 0.5) is 5.82 Å². The van der Waals surface area contributed by atoms with Crippen LogP contribution in [0.15, 0.2) is 41.2 Å². The Morgan fingerprint density at radius 3 is 2.41 bits per heavy atom. The molecule has 0 aliphatic heterocycles. The van der Waals surface area contributed by atoms with Crippen molar-refractivity contribution < 1.29 is 0 Å². The van der Waals surface area contributed by atoms with E-state index in [0.717, 1.165) is 11.4 Å². The lowest BCUT2D eigenvalue weighted by molar-refractivity contribution is 0.787. The third-order valence-electron chi connectivity index (χ3n) is 2.51. The fraction of sp³-hybridized carbons (Fsp3) is 0.231. The number of rotatable bonds is 2. The molecule has 1 aromatic carbocycles. The van der Waals surface area contributed by atoms with Gasteiger partial charge in [0.25, 0.3) is 0 Å². The molecular weight excluding hydrogens is 214 g/mol. The fourth-order valence-electron chi connectivity index (χ4n) is 1.68. The molecule has 0 atom stereocenters. The SMILES string of the molecule is Cc1cc(=O)c(N(C)C)nn1-c1ccccc1. The minimum atomic E-state index is -0.0559. The molecule has 2 aromatic rings. The highest BCUT2D eigenvalue weighted by atomic mass is 16.1. The van der Waals surface area contributed by atoms with Gasteiger partial charge in [0.15, 0.2) is 5.82 Å². The molecule has 0 saturated carbocycles. The zero-order valence-electron chi connectivity index (χ0n) is 10.2. The number of nitrogens with zero attached hydrogens (tertiary/aromatic N) is 3. The van der Waals surface area contributed by atoms with Gasteiger partial charge in [0.05, 0.1) is 5.69 Å². The fourth-order valence-corrected chi connectivity index (χ4v) is 1.68. The molecule has 0 spiro atoms. The Kier molecular flexibility index (Phi) is 2.95. The molecule has 0 aliphatic rings. The number of hydrogen-bond donors (Lipinski definition) is 0. The quantitative estimate of drug-likeness (QED) is 0.785. The number of anilines is 1. The number of benzene rings is 1. The third-order valence-corrected chi connectivity index (χ3v) is 2.51. The van der Waals surface area contributed by atoms with Crippen molar-refractivity contribution in [2.24, 2.45) is 0 Å². The second-order valence-electron chi connectivity index (χ2n) is 4.12. The molecular formula is C13H15N3O. The maximum Gasteiger partial charge on any atom is 0.224 e. The van der Waals surface area contributed by atoms with Crippen LogP contribution >= 0.6 is 0 Å². The third kappa shape index (κ3) is 2.20. The molecule has 0 unspecified atom stereocenters.